The van der Waals surface area contributed by atoms with Gasteiger partial charge in [-0.05, 0) is 51.3 Å². The van der Waals surface area contributed by atoms with Crippen LogP contribution in [0.5, 0.6) is 0 Å². The van der Waals surface area contributed by atoms with Gasteiger partial charge in [-0.2, -0.15) is 0 Å². The molecule has 2 N–H and O–H groups in total. The van der Waals surface area contributed by atoms with Crippen molar-refractivity contribution >= 4 is 17.5 Å². The molecule has 1 aliphatic heterocycles. The van der Waals surface area contributed by atoms with Crippen molar-refractivity contribution in [2.75, 3.05) is 6.54 Å². The molecule has 0 radical (unpaired) electrons. The Balaban J connectivity index is 2.04. The Kier molecular flexibility index (Phi) is 4.48. The van der Waals surface area contributed by atoms with E-state index < -0.39 is 5.54 Å². The average molecular weight is 281 g/mol. The van der Waals surface area contributed by atoms with Gasteiger partial charge >= 0.3 is 0 Å². The van der Waals surface area contributed by atoms with E-state index in [1.54, 1.807) is 0 Å². The third-order valence-electron chi connectivity index (χ3n) is 3.84. The van der Waals surface area contributed by atoms with Crippen LogP contribution < -0.4 is 10.6 Å². The Morgan fingerprint density at radius 3 is 2.79 bits per heavy atom. The van der Waals surface area contributed by atoms with Gasteiger partial charge in [-0.25, -0.2) is 0 Å². The number of nitrogens with one attached hydrogen (secondary N) is 2. The van der Waals surface area contributed by atoms with Crippen LogP contribution in [0.3, 0.4) is 0 Å². The van der Waals surface area contributed by atoms with Crippen molar-refractivity contribution in [1.29, 1.82) is 0 Å². The predicted octanol–water partition coefficient (Wildman–Crippen LogP) is 3.05. The number of carbonyl (C=O) groups is 1. The van der Waals surface area contributed by atoms with Crippen LogP contribution in [-0.2, 0) is 4.79 Å². The van der Waals surface area contributed by atoms with E-state index in [-0.39, 0.29) is 11.9 Å². The summed E-state index contributed by atoms with van der Waals surface area (Å²) in [6, 6.07) is 7.54. The summed E-state index contributed by atoms with van der Waals surface area (Å²) in [6.45, 7) is 4.84. The first kappa shape index (κ1) is 14.4. The molecule has 1 aromatic carbocycles. The molecular formula is C15H21ClN2O. The maximum Gasteiger partial charge on any atom is 0.240 e. The molecular weight excluding hydrogens is 260 g/mol. The zero-order valence-corrected chi connectivity index (χ0v) is 12.3. The minimum absolute atomic E-state index is 0.0552. The van der Waals surface area contributed by atoms with Crippen LogP contribution in [0.25, 0.3) is 0 Å². The third-order valence-corrected chi connectivity index (χ3v) is 4.18. The lowest BCUT2D eigenvalue weighted by atomic mass is 9.89. The molecule has 2 rings (SSSR count). The maximum atomic E-state index is 12.4. The smallest absolute Gasteiger partial charge is 0.240 e. The van der Waals surface area contributed by atoms with Crippen LogP contribution in [-0.4, -0.2) is 18.0 Å². The summed E-state index contributed by atoms with van der Waals surface area (Å²) in [4.78, 5) is 12.4. The summed E-state index contributed by atoms with van der Waals surface area (Å²) in [7, 11) is 0. The summed E-state index contributed by atoms with van der Waals surface area (Å²) >= 11 is 6.16. The lowest BCUT2D eigenvalue weighted by Crippen LogP contribution is -2.57. The highest BCUT2D eigenvalue weighted by Crippen LogP contribution is 2.24. The van der Waals surface area contributed by atoms with Crippen LogP contribution in [0, 0.1) is 0 Å². The number of hydrogen-bond acceptors (Lipinski definition) is 2. The van der Waals surface area contributed by atoms with Crippen LogP contribution >= 0.6 is 11.6 Å². The Morgan fingerprint density at radius 1 is 1.42 bits per heavy atom. The van der Waals surface area contributed by atoms with Crippen molar-refractivity contribution < 1.29 is 4.79 Å². The van der Waals surface area contributed by atoms with Gasteiger partial charge in [0.2, 0.25) is 5.91 Å². The first-order chi connectivity index (χ1) is 9.03. The van der Waals surface area contributed by atoms with E-state index >= 15 is 0 Å². The van der Waals surface area contributed by atoms with Gasteiger partial charge in [-0.15, -0.1) is 0 Å². The van der Waals surface area contributed by atoms with Gasteiger partial charge in [-0.1, -0.05) is 29.8 Å². The van der Waals surface area contributed by atoms with Crippen LogP contribution in [0.1, 0.15) is 44.7 Å². The van der Waals surface area contributed by atoms with Crippen molar-refractivity contribution in [3.05, 3.63) is 34.9 Å². The molecule has 0 saturated carbocycles. The number of carbonyl (C=O) groups excluding carboxylic acids is 1. The molecule has 1 fully saturated rings. The number of halogens is 1. The fraction of sp³-hybridized carbons (Fsp3) is 0.533. The van der Waals surface area contributed by atoms with E-state index in [1.165, 1.54) is 0 Å². The quantitative estimate of drug-likeness (QED) is 0.893. The highest BCUT2D eigenvalue weighted by molar-refractivity contribution is 6.31. The summed E-state index contributed by atoms with van der Waals surface area (Å²) in [5.41, 5.74) is 0.505. The first-order valence-corrected chi connectivity index (χ1v) is 7.21. The molecule has 1 aromatic rings. The number of piperidine rings is 1. The number of hydrogen-bond donors (Lipinski definition) is 2. The Morgan fingerprint density at radius 2 is 2.16 bits per heavy atom. The monoisotopic (exact) mass is 280 g/mol. The molecule has 4 heteroatoms. The second-order valence-electron chi connectivity index (χ2n) is 5.43. The van der Waals surface area contributed by atoms with Crippen molar-refractivity contribution in [1.82, 2.24) is 10.6 Å². The fourth-order valence-electron chi connectivity index (χ4n) is 2.51. The van der Waals surface area contributed by atoms with E-state index in [0.29, 0.717) is 5.02 Å². The summed E-state index contributed by atoms with van der Waals surface area (Å²) in [5.74, 6) is 0.0552. The minimum atomic E-state index is -0.451. The topological polar surface area (TPSA) is 41.1 Å². The third kappa shape index (κ3) is 3.28. The zero-order chi connectivity index (χ0) is 13.9. The second-order valence-corrected chi connectivity index (χ2v) is 5.84. The first-order valence-electron chi connectivity index (χ1n) is 6.83. The summed E-state index contributed by atoms with van der Waals surface area (Å²) in [6.07, 6.45) is 3.12. The standard InChI is InChI=1S/C15H21ClN2O/c1-11(12-7-3-4-8-13(12)16)18-14(19)15(2)9-5-6-10-17-15/h3-4,7-8,11,17H,5-6,9-10H2,1-2H3,(H,18,19)/t11-,15?/m1/s1. The Hall–Kier alpha value is -1.06. The van der Waals surface area contributed by atoms with E-state index in [1.807, 2.05) is 38.1 Å². The van der Waals surface area contributed by atoms with Gasteiger partial charge in [-0.3, -0.25) is 4.79 Å². The largest absolute Gasteiger partial charge is 0.348 e. The van der Waals surface area contributed by atoms with Gasteiger partial charge in [0.1, 0.15) is 0 Å². The molecule has 3 nitrogen and oxygen atoms in total. The molecule has 0 aliphatic carbocycles. The molecule has 0 spiro atoms. The highest BCUT2D eigenvalue weighted by Gasteiger charge is 2.34. The molecule has 1 amide bonds. The lowest BCUT2D eigenvalue weighted by molar-refractivity contribution is -0.128. The summed E-state index contributed by atoms with van der Waals surface area (Å²) < 4.78 is 0. The molecule has 19 heavy (non-hydrogen) atoms. The van der Waals surface area contributed by atoms with E-state index in [2.05, 4.69) is 10.6 Å². The zero-order valence-electron chi connectivity index (χ0n) is 11.5. The van der Waals surface area contributed by atoms with Gasteiger partial charge < -0.3 is 10.6 Å². The van der Waals surface area contributed by atoms with Crippen LogP contribution in [0.2, 0.25) is 5.02 Å². The molecule has 2 atom stereocenters. The van der Waals surface area contributed by atoms with Crippen molar-refractivity contribution in [2.24, 2.45) is 0 Å². The highest BCUT2D eigenvalue weighted by atomic mass is 35.5. The number of benzene rings is 1. The Bertz CT molecular complexity index is 455. The van der Waals surface area contributed by atoms with Gasteiger partial charge in [0.25, 0.3) is 0 Å². The second kappa shape index (κ2) is 5.93. The van der Waals surface area contributed by atoms with Crippen molar-refractivity contribution in [2.45, 2.75) is 44.7 Å². The number of amides is 1. The maximum absolute atomic E-state index is 12.4. The average Bonchev–Trinajstić information content (AvgIpc) is 2.40. The molecule has 1 saturated heterocycles. The Labute approximate surface area is 119 Å². The van der Waals surface area contributed by atoms with E-state index in [0.717, 1.165) is 31.4 Å². The van der Waals surface area contributed by atoms with Crippen molar-refractivity contribution in [3.63, 3.8) is 0 Å². The van der Waals surface area contributed by atoms with Gasteiger partial charge in [0.05, 0.1) is 11.6 Å². The van der Waals surface area contributed by atoms with Crippen molar-refractivity contribution in [3.8, 4) is 0 Å². The van der Waals surface area contributed by atoms with E-state index in [9.17, 15) is 4.79 Å². The molecule has 1 heterocycles. The van der Waals surface area contributed by atoms with Crippen LogP contribution in [0.15, 0.2) is 24.3 Å². The minimum Gasteiger partial charge on any atom is -0.348 e. The van der Waals surface area contributed by atoms with Gasteiger partial charge in [0.15, 0.2) is 0 Å². The fourth-order valence-corrected chi connectivity index (χ4v) is 2.81. The molecule has 104 valence electrons. The van der Waals surface area contributed by atoms with Crippen LogP contribution in [0.4, 0.5) is 0 Å². The molecule has 0 aromatic heterocycles. The lowest BCUT2D eigenvalue weighted by Gasteiger charge is -2.34. The van der Waals surface area contributed by atoms with Gasteiger partial charge in [0, 0.05) is 5.02 Å². The SMILES string of the molecule is C[C@@H](NC(=O)C1(C)CCCCN1)c1ccccc1Cl. The predicted molar refractivity (Wildman–Crippen MR) is 78.3 cm³/mol. The molecule has 1 aliphatic rings. The molecule has 1 unspecified atom stereocenters. The number of rotatable bonds is 3. The molecule has 0 bridgehead atoms. The van der Waals surface area contributed by atoms with E-state index in [4.69, 9.17) is 11.6 Å². The summed E-state index contributed by atoms with van der Waals surface area (Å²) in [5, 5.41) is 7.07. The normalized spacial score (nSPS) is 24.8.